The second-order valence-corrected chi connectivity index (χ2v) is 4.65. The Balaban J connectivity index is 3.03. The largest absolute Gasteiger partial charge is 0.402 e. The van der Waals surface area contributed by atoms with Gasteiger partial charge in [0.25, 0.3) is 0 Å². The third-order valence-corrected chi connectivity index (χ3v) is 2.92. The van der Waals surface area contributed by atoms with E-state index in [0.717, 1.165) is 0 Å². The Morgan fingerprint density at radius 3 is 2.14 bits per heavy atom. The van der Waals surface area contributed by atoms with Crippen LogP contribution in [0.25, 0.3) is 0 Å². The molecule has 0 aliphatic carbocycles. The zero-order chi connectivity index (χ0) is 16.1. The minimum Gasteiger partial charge on any atom is -0.313 e. The monoisotopic (exact) mass is 314 g/mol. The average Bonchev–Trinajstić information content (AvgIpc) is 2.33. The maximum absolute atomic E-state index is 12.8. The van der Waals surface area contributed by atoms with E-state index < -0.39 is 30.7 Å². The van der Waals surface area contributed by atoms with Gasteiger partial charge in [0.15, 0.2) is 5.92 Å². The predicted molar refractivity (Wildman–Crippen MR) is 65.6 cm³/mol. The Labute approximate surface area is 118 Å². The van der Waals surface area contributed by atoms with Crippen molar-refractivity contribution in [3.05, 3.63) is 30.1 Å². The van der Waals surface area contributed by atoms with Crippen LogP contribution in [0.4, 0.5) is 26.3 Å². The molecule has 0 spiro atoms. The summed E-state index contributed by atoms with van der Waals surface area (Å²) < 4.78 is 76.9. The molecule has 0 saturated heterocycles. The summed E-state index contributed by atoms with van der Waals surface area (Å²) in [5.41, 5.74) is 0.185. The number of halogens is 6. The number of hydrogen-bond acceptors (Lipinski definition) is 2. The summed E-state index contributed by atoms with van der Waals surface area (Å²) >= 11 is 0. The minimum atomic E-state index is -5.36. The molecule has 1 aromatic rings. The van der Waals surface area contributed by atoms with Gasteiger partial charge in [-0.3, -0.25) is 4.98 Å². The van der Waals surface area contributed by atoms with Crippen LogP contribution in [0.3, 0.4) is 0 Å². The normalized spacial score (nSPS) is 14.5. The van der Waals surface area contributed by atoms with Gasteiger partial charge in [0, 0.05) is 24.4 Å². The summed E-state index contributed by atoms with van der Waals surface area (Å²) in [6.07, 6.45) is -9.40. The smallest absolute Gasteiger partial charge is 0.313 e. The number of rotatable bonds is 6. The highest BCUT2D eigenvalue weighted by molar-refractivity contribution is 5.07. The molecule has 1 heterocycles. The molecule has 1 rings (SSSR count). The fourth-order valence-corrected chi connectivity index (χ4v) is 2.02. The lowest BCUT2D eigenvalue weighted by Gasteiger charge is -2.31. The third kappa shape index (κ3) is 5.53. The van der Waals surface area contributed by atoms with Crippen LogP contribution in [0.1, 0.15) is 19.0 Å². The first-order valence-corrected chi connectivity index (χ1v) is 6.43. The molecule has 0 saturated carbocycles. The van der Waals surface area contributed by atoms with Crippen molar-refractivity contribution in [2.75, 3.05) is 6.54 Å². The Kier molecular flexibility index (Phi) is 6.00. The first kappa shape index (κ1) is 17.7. The van der Waals surface area contributed by atoms with Crippen LogP contribution in [-0.4, -0.2) is 29.9 Å². The average molecular weight is 314 g/mol. The van der Waals surface area contributed by atoms with E-state index >= 15 is 0 Å². The van der Waals surface area contributed by atoms with Gasteiger partial charge in [-0.1, -0.05) is 13.0 Å². The molecule has 8 heteroatoms. The highest BCUT2D eigenvalue weighted by Crippen LogP contribution is 2.42. The van der Waals surface area contributed by atoms with E-state index in [2.05, 4.69) is 10.3 Å². The van der Waals surface area contributed by atoms with Gasteiger partial charge in [0.2, 0.25) is 0 Å². The van der Waals surface area contributed by atoms with Gasteiger partial charge < -0.3 is 5.32 Å². The summed E-state index contributed by atoms with van der Waals surface area (Å²) in [5, 5.41) is 2.35. The maximum Gasteiger partial charge on any atom is 0.402 e. The van der Waals surface area contributed by atoms with Crippen molar-refractivity contribution in [1.29, 1.82) is 0 Å². The second kappa shape index (κ2) is 7.11. The molecule has 0 radical (unpaired) electrons. The van der Waals surface area contributed by atoms with Gasteiger partial charge >= 0.3 is 12.4 Å². The zero-order valence-corrected chi connectivity index (χ0v) is 11.3. The summed E-state index contributed by atoms with van der Waals surface area (Å²) in [4.78, 5) is 3.80. The SMILES string of the molecule is CCCNC(Cc1ccccn1)C(C(F)(F)F)C(F)(F)F. The van der Waals surface area contributed by atoms with E-state index in [1.165, 1.54) is 18.3 Å². The van der Waals surface area contributed by atoms with Gasteiger partial charge in [-0.25, -0.2) is 0 Å². The quantitative estimate of drug-likeness (QED) is 0.809. The first-order valence-electron chi connectivity index (χ1n) is 6.43. The van der Waals surface area contributed by atoms with Crippen LogP contribution in [-0.2, 0) is 6.42 Å². The number of hydrogen-bond donors (Lipinski definition) is 1. The zero-order valence-electron chi connectivity index (χ0n) is 11.3. The van der Waals surface area contributed by atoms with E-state index in [0.29, 0.717) is 6.42 Å². The van der Waals surface area contributed by atoms with E-state index in [1.807, 2.05) is 0 Å². The van der Waals surface area contributed by atoms with Crippen molar-refractivity contribution < 1.29 is 26.3 Å². The molecule has 0 aliphatic rings. The van der Waals surface area contributed by atoms with Gasteiger partial charge in [0.1, 0.15) is 0 Å². The number of alkyl halides is 6. The number of nitrogens with zero attached hydrogens (tertiary/aromatic N) is 1. The van der Waals surface area contributed by atoms with Gasteiger partial charge in [-0.2, -0.15) is 26.3 Å². The Bertz CT molecular complexity index is 401. The van der Waals surface area contributed by atoms with E-state index in [1.54, 1.807) is 13.0 Å². The molecule has 0 fully saturated rings. The number of aromatic nitrogens is 1. The lowest BCUT2D eigenvalue weighted by atomic mass is 9.93. The van der Waals surface area contributed by atoms with Crippen LogP contribution in [0, 0.1) is 5.92 Å². The summed E-state index contributed by atoms with van der Waals surface area (Å²) in [7, 11) is 0. The van der Waals surface area contributed by atoms with Crippen molar-refractivity contribution in [1.82, 2.24) is 10.3 Å². The minimum absolute atomic E-state index is 0.0696. The molecular formula is C13H16F6N2. The lowest BCUT2D eigenvalue weighted by Crippen LogP contribution is -2.52. The molecule has 0 aromatic carbocycles. The number of nitrogens with one attached hydrogen (secondary N) is 1. The molecule has 21 heavy (non-hydrogen) atoms. The summed E-state index contributed by atoms with van der Waals surface area (Å²) in [5.74, 6) is -3.42. The van der Waals surface area contributed by atoms with Crippen molar-refractivity contribution in [2.45, 2.75) is 38.2 Å². The topological polar surface area (TPSA) is 24.9 Å². The number of pyridine rings is 1. The van der Waals surface area contributed by atoms with Crippen LogP contribution >= 0.6 is 0 Å². The molecule has 1 N–H and O–H groups in total. The predicted octanol–water partition coefficient (Wildman–Crippen LogP) is 3.73. The lowest BCUT2D eigenvalue weighted by molar-refractivity contribution is -0.291. The van der Waals surface area contributed by atoms with Gasteiger partial charge in [0.05, 0.1) is 0 Å². The van der Waals surface area contributed by atoms with Gasteiger partial charge in [-0.05, 0) is 25.1 Å². The summed E-state index contributed by atoms with van der Waals surface area (Å²) in [6.45, 7) is 1.74. The molecule has 1 unspecified atom stereocenters. The van der Waals surface area contributed by atoms with Crippen LogP contribution in [0.2, 0.25) is 0 Å². The first-order chi connectivity index (χ1) is 9.66. The molecule has 2 nitrogen and oxygen atoms in total. The highest BCUT2D eigenvalue weighted by Gasteiger charge is 2.60. The van der Waals surface area contributed by atoms with Crippen molar-refractivity contribution >= 4 is 0 Å². The van der Waals surface area contributed by atoms with Crippen LogP contribution in [0.15, 0.2) is 24.4 Å². The fourth-order valence-electron chi connectivity index (χ4n) is 2.02. The second-order valence-electron chi connectivity index (χ2n) is 4.65. The fraction of sp³-hybridized carbons (Fsp3) is 0.615. The van der Waals surface area contributed by atoms with Crippen LogP contribution < -0.4 is 5.32 Å². The van der Waals surface area contributed by atoms with E-state index in [-0.39, 0.29) is 12.2 Å². The molecule has 1 aromatic heterocycles. The van der Waals surface area contributed by atoms with E-state index in [9.17, 15) is 26.3 Å². The molecule has 1 atom stereocenters. The van der Waals surface area contributed by atoms with Gasteiger partial charge in [-0.15, -0.1) is 0 Å². The van der Waals surface area contributed by atoms with Crippen molar-refractivity contribution in [2.24, 2.45) is 5.92 Å². The molecule has 0 amide bonds. The third-order valence-electron chi connectivity index (χ3n) is 2.92. The Hall–Kier alpha value is -1.31. The highest BCUT2D eigenvalue weighted by atomic mass is 19.4. The van der Waals surface area contributed by atoms with E-state index in [4.69, 9.17) is 0 Å². The van der Waals surface area contributed by atoms with Crippen LogP contribution in [0.5, 0.6) is 0 Å². The molecule has 0 aliphatic heterocycles. The standard InChI is InChI=1S/C13H16F6N2/c1-2-6-21-10(8-9-5-3-4-7-20-9)11(12(14,15)16)13(17,18)19/h3-5,7,10-11,21H,2,6,8H2,1H3. The Morgan fingerprint density at radius 1 is 1.10 bits per heavy atom. The molecule has 0 bridgehead atoms. The van der Waals surface area contributed by atoms with Crippen molar-refractivity contribution in [3.8, 4) is 0 Å². The van der Waals surface area contributed by atoms with Crippen molar-refractivity contribution in [3.63, 3.8) is 0 Å². The molecular weight excluding hydrogens is 298 g/mol. The Morgan fingerprint density at radius 2 is 1.71 bits per heavy atom. The summed E-state index contributed by atoms with van der Waals surface area (Å²) in [6, 6.07) is 2.68. The maximum atomic E-state index is 12.8. The molecule has 120 valence electrons.